The minimum Gasteiger partial charge on any atom is -0.478 e. The van der Waals surface area contributed by atoms with Crippen molar-refractivity contribution in [3.8, 4) is 0 Å². The Bertz CT molecular complexity index is 646. The molecule has 0 fully saturated rings. The predicted molar refractivity (Wildman–Crippen MR) is 71.1 cm³/mol. The van der Waals surface area contributed by atoms with Crippen molar-refractivity contribution >= 4 is 33.5 Å². The van der Waals surface area contributed by atoms with Gasteiger partial charge in [-0.1, -0.05) is 0 Å². The summed E-state index contributed by atoms with van der Waals surface area (Å²) in [6.07, 6.45) is 4.09. The summed E-state index contributed by atoms with van der Waals surface area (Å²) in [5, 5.41) is 11.5. The maximum Gasteiger partial charge on any atom is 0.337 e. The van der Waals surface area contributed by atoms with E-state index in [1.54, 1.807) is 12.1 Å². The lowest BCUT2D eigenvalue weighted by Gasteiger charge is -2.07. The van der Waals surface area contributed by atoms with Crippen molar-refractivity contribution < 1.29 is 14.7 Å². The second-order valence-electron chi connectivity index (χ2n) is 3.51. The molecule has 0 aliphatic carbocycles. The molecule has 0 aliphatic heterocycles. The Morgan fingerprint density at radius 2 is 2.05 bits per heavy atom. The number of nitrogens with zero attached hydrogens (tertiary/aromatic N) is 2. The number of carboxylic acids is 1. The lowest BCUT2D eigenvalue weighted by atomic mass is 10.2. The fraction of sp³-hybridized carbons (Fsp3) is 0. The number of carbonyl (C=O) groups is 2. The van der Waals surface area contributed by atoms with Crippen LogP contribution >= 0.6 is 15.9 Å². The summed E-state index contributed by atoms with van der Waals surface area (Å²) in [6, 6.07) is 4.66. The summed E-state index contributed by atoms with van der Waals surface area (Å²) in [7, 11) is 0. The molecule has 96 valence electrons. The molecule has 1 amide bonds. The lowest BCUT2D eigenvalue weighted by molar-refractivity contribution is 0.0698. The van der Waals surface area contributed by atoms with Gasteiger partial charge in [0.15, 0.2) is 0 Å². The van der Waals surface area contributed by atoms with Crippen molar-refractivity contribution in [2.75, 3.05) is 5.32 Å². The molecule has 0 spiro atoms. The molecule has 2 heterocycles. The van der Waals surface area contributed by atoms with Gasteiger partial charge in [0.2, 0.25) is 0 Å². The average molecular weight is 322 g/mol. The number of hydrogen-bond acceptors (Lipinski definition) is 4. The largest absolute Gasteiger partial charge is 0.478 e. The van der Waals surface area contributed by atoms with Gasteiger partial charge in [-0.25, -0.2) is 9.78 Å². The van der Waals surface area contributed by atoms with Gasteiger partial charge in [-0.3, -0.25) is 9.78 Å². The third-order valence-corrected chi connectivity index (χ3v) is 2.91. The molecule has 0 aliphatic rings. The van der Waals surface area contributed by atoms with Crippen LogP contribution in [0.4, 0.5) is 5.69 Å². The third-order valence-electron chi connectivity index (χ3n) is 2.27. The molecular weight excluding hydrogens is 314 g/mol. The number of carbonyl (C=O) groups excluding carboxylic acids is 1. The highest BCUT2D eigenvalue weighted by molar-refractivity contribution is 9.10. The SMILES string of the molecule is O=C(O)c1ccncc1NC(=O)c1ncccc1Br. The van der Waals surface area contributed by atoms with Gasteiger partial charge in [0, 0.05) is 16.9 Å². The first-order valence-corrected chi connectivity index (χ1v) is 5.98. The van der Waals surface area contributed by atoms with E-state index in [1.807, 2.05) is 0 Å². The summed E-state index contributed by atoms with van der Waals surface area (Å²) in [6.45, 7) is 0. The van der Waals surface area contributed by atoms with Crippen molar-refractivity contribution in [1.82, 2.24) is 9.97 Å². The molecule has 2 aromatic rings. The fourth-order valence-electron chi connectivity index (χ4n) is 1.41. The molecule has 0 radical (unpaired) electrons. The number of rotatable bonds is 3. The van der Waals surface area contributed by atoms with Crippen molar-refractivity contribution in [2.24, 2.45) is 0 Å². The normalized spacial score (nSPS) is 9.95. The molecule has 0 atom stereocenters. The highest BCUT2D eigenvalue weighted by atomic mass is 79.9. The Hall–Kier alpha value is -2.28. The minimum absolute atomic E-state index is 0.0320. The van der Waals surface area contributed by atoms with Crippen LogP contribution in [-0.2, 0) is 0 Å². The van der Waals surface area contributed by atoms with Crippen LogP contribution in [0.5, 0.6) is 0 Å². The summed E-state index contributed by atoms with van der Waals surface area (Å²) in [5.74, 6) is -1.65. The van der Waals surface area contributed by atoms with E-state index in [0.29, 0.717) is 4.47 Å². The van der Waals surface area contributed by atoms with Gasteiger partial charge in [-0.2, -0.15) is 0 Å². The van der Waals surface area contributed by atoms with E-state index >= 15 is 0 Å². The molecule has 2 N–H and O–H groups in total. The van der Waals surface area contributed by atoms with Gasteiger partial charge in [0.25, 0.3) is 5.91 Å². The summed E-state index contributed by atoms with van der Waals surface area (Å²) < 4.78 is 0.522. The summed E-state index contributed by atoms with van der Waals surface area (Å²) >= 11 is 3.20. The number of amides is 1. The van der Waals surface area contributed by atoms with Crippen LogP contribution in [0, 0.1) is 0 Å². The number of nitrogens with one attached hydrogen (secondary N) is 1. The molecule has 0 bridgehead atoms. The molecule has 0 saturated carbocycles. The Kier molecular flexibility index (Phi) is 3.86. The Morgan fingerprint density at radius 1 is 1.26 bits per heavy atom. The topological polar surface area (TPSA) is 92.2 Å². The zero-order valence-electron chi connectivity index (χ0n) is 9.50. The van der Waals surface area contributed by atoms with Crippen molar-refractivity contribution in [1.29, 1.82) is 0 Å². The number of halogens is 1. The van der Waals surface area contributed by atoms with E-state index in [2.05, 4.69) is 31.2 Å². The zero-order valence-corrected chi connectivity index (χ0v) is 11.1. The monoisotopic (exact) mass is 321 g/mol. The Labute approximate surface area is 116 Å². The van der Waals surface area contributed by atoms with Gasteiger partial charge in [0.1, 0.15) is 5.69 Å². The van der Waals surface area contributed by atoms with Crippen molar-refractivity contribution in [2.45, 2.75) is 0 Å². The average Bonchev–Trinajstić information content (AvgIpc) is 2.39. The number of aromatic nitrogens is 2. The van der Waals surface area contributed by atoms with Crippen LogP contribution in [0.1, 0.15) is 20.8 Å². The molecule has 0 saturated heterocycles. The first kappa shape index (κ1) is 13.2. The molecule has 6 nitrogen and oxygen atoms in total. The van der Waals surface area contributed by atoms with E-state index < -0.39 is 11.9 Å². The number of carboxylic acid groups (broad SMARTS) is 1. The summed E-state index contributed by atoms with van der Waals surface area (Å²) in [4.78, 5) is 30.7. The second-order valence-corrected chi connectivity index (χ2v) is 4.37. The van der Waals surface area contributed by atoms with Gasteiger partial charge < -0.3 is 10.4 Å². The number of anilines is 1. The van der Waals surface area contributed by atoms with Gasteiger partial charge >= 0.3 is 5.97 Å². The van der Waals surface area contributed by atoms with Gasteiger partial charge in [0.05, 0.1) is 17.4 Å². The smallest absolute Gasteiger partial charge is 0.337 e. The van der Waals surface area contributed by atoms with Crippen LogP contribution in [0.3, 0.4) is 0 Å². The third kappa shape index (κ3) is 2.94. The minimum atomic E-state index is -1.14. The highest BCUT2D eigenvalue weighted by Gasteiger charge is 2.15. The van der Waals surface area contributed by atoms with Crippen LogP contribution in [0.15, 0.2) is 41.3 Å². The highest BCUT2D eigenvalue weighted by Crippen LogP contribution is 2.17. The predicted octanol–water partition coefficient (Wildman–Crippen LogP) is 2.19. The second kappa shape index (κ2) is 5.57. The number of aromatic carboxylic acids is 1. The molecule has 2 rings (SSSR count). The van der Waals surface area contributed by atoms with E-state index in [9.17, 15) is 9.59 Å². The van der Waals surface area contributed by atoms with Crippen LogP contribution in [0.2, 0.25) is 0 Å². The zero-order chi connectivity index (χ0) is 13.8. The van der Waals surface area contributed by atoms with E-state index in [-0.39, 0.29) is 16.9 Å². The van der Waals surface area contributed by atoms with Crippen LogP contribution in [-0.4, -0.2) is 27.0 Å². The standard InChI is InChI=1S/C12H8BrN3O3/c13-8-2-1-4-15-10(8)11(17)16-9-6-14-5-3-7(9)12(18)19/h1-6H,(H,16,17)(H,18,19). The molecule has 0 aromatic carbocycles. The molecule has 2 aromatic heterocycles. The van der Waals surface area contributed by atoms with Crippen molar-refractivity contribution in [3.05, 3.63) is 52.5 Å². The maximum atomic E-state index is 12.0. The molecule has 19 heavy (non-hydrogen) atoms. The van der Waals surface area contributed by atoms with Crippen LogP contribution < -0.4 is 5.32 Å². The number of pyridine rings is 2. The van der Waals surface area contributed by atoms with E-state index in [0.717, 1.165) is 0 Å². The van der Waals surface area contributed by atoms with E-state index in [1.165, 1.54) is 24.7 Å². The maximum absolute atomic E-state index is 12.0. The quantitative estimate of drug-likeness (QED) is 0.904. The fourth-order valence-corrected chi connectivity index (χ4v) is 1.85. The first-order chi connectivity index (χ1) is 9.09. The summed E-state index contributed by atoms with van der Waals surface area (Å²) in [5.41, 5.74) is 0.260. The van der Waals surface area contributed by atoms with Gasteiger partial charge in [-0.05, 0) is 34.1 Å². The Morgan fingerprint density at radius 3 is 2.74 bits per heavy atom. The van der Waals surface area contributed by atoms with Crippen LogP contribution in [0.25, 0.3) is 0 Å². The molecule has 0 unspecified atom stereocenters. The molecule has 7 heteroatoms. The Balaban J connectivity index is 2.30. The molecular formula is C12H8BrN3O3. The number of hydrogen-bond donors (Lipinski definition) is 2. The van der Waals surface area contributed by atoms with Gasteiger partial charge in [-0.15, -0.1) is 0 Å². The van der Waals surface area contributed by atoms with Crippen molar-refractivity contribution in [3.63, 3.8) is 0 Å². The van der Waals surface area contributed by atoms with E-state index in [4.69, 9.17) is 5.11 Å². The first-order valence-electron chi connectivity index (χ1n) is 5.19. The lowest BCUT2D eigenvalue weighted by Crippen LogP contribution is -2.16.